The highest BCUT2D eigenvalue weighted by Gasteiger charge is 2.15. The smallest absolute Gasteiger partial charge is 0.313 e. The normalized spacial score (nSPS) is 12.0. The van der Waals surface area contributed by atoms with Crippen LogP contribution in [-0.4, -0.2) is 24.0 Å². The largest absolute Gasteiger partial charge is 0.494 e. The van der Waals surface area contributed by atoms with Crippen LogP contribution in [0.5, 0.6) is 5.75 Å². The third-order valence-electron chi connectivity index (χ3n) is 3.69. The summed E-state index contributed by atoms with van der Waals surface area (Å²) in [6.07, 6.45) is 2.31. The number of aryl methyl sites for hydroxylation is 1. The standard InChI is InChI=1S/C18H20O4/c1-2-13-5-6-15-11-17(8-7-14(15)10-13)22-9-3-4-16(12-19)18(20)21/h5-8,10-12,16H,2-4,9H2,1H3,(H,20,21). The molecule has 0 aromatic heterocycles. The number of rotatable bonds is 8. The fourth-order valence-electron chi connectivity index (χ4n) is 2.33. The number of carboxylic acids is 1. The van der Waals surface area contributed by atoms with E-state index in [1.807, 2.05) is 18.2 Å². The molecule has 1 atom stereocenters. The van der Waals surface area contributed by atoms with Crippen molar-refractivity contribution in [2.75, 3.05) is 6.61 Å². The van der Waals surface area contributed by atoms with E-state index in [0.29, 0.717) is 25.7 Å². The van der Waals surface area contributed by atoms with E-state index in [1.54, 1.807) is 0 Å². The van der Waals surface area contributed by atoms with Gasteiger partial charge >= 0.3 is 5.97 Å². The lowest BCUT2D eigenvalue weighted by Gasteiger charge is -2.09. The number of carbonyl (C=O) groups is 2. The van der Waals surface area contributed by atoms with Crippen molar-refractivity contribution in [3.63, 3.8) is 0 Å². The van der Waals surface area contributed by atoms with Gasteiger partial charge in [-0.3, -0.25) is 4.79 Å². The number of aliphatic carboxylic acids is 1. The van der Waals surface area contributed by atoms with Gasteiger partial charge in [0.2, 0.25) is 0 Å². The van der Waals surface area contributed by atoms with Gasteiger partial charge in [0.15, 0.2) is 0 Å². The Morgan fingerprint density at radius 1 is 1.23 bits per heavy atom. The molecule has 0 heterocycles. The predicted molar refractivity (Wildman–Crippen MR) is 85.2 cm³/mol. The first kappa shape index (κ1) is 16.0. The summed E-state index contributed by atoms with van der Waals surface area (Å²) in [5, 5.41) is 11.1. The molecular formula is C18H20O4. The van der Waals surface area contributed by atoms with Crippen LogP contribution in [0.3, 0.4) is 0 Å². The van der Waals surface area contributed by atoms with Crippen LogP contribution in [0.4, 0.5) is 0 Å². The first-order valence-electron chi connectivity index (χ1n) is 7.47. The zero-order valence-corrected chi connectivity index (χ0v) is 12.6. The zero-order chi connectivity index (χ0) is 15.9. The molecule has 1 N–H and O–H groups in total. The number of aldehydes is 1. The summed E-state index contributed by atoms with van der Waals surface area (Å²) in [5.41, 5.74) is 1.30. The maximum Gasteiger partial charge on any atom is 0.313 e. The summed E-state index contributed by atoms with van der Waals surface area (Å²) in [4.78, 5) is 21.3. The Balaban J connectivity index is 1.92. The van der Waals surface area contributed by atoms with Gasteiger partial charge in [-0.05, 0) is 47.7 Å². The summed E-state index contributed by atoms with van der Waals surface area (Å²) in [6, 6.07) is 12.3. The molecule has 0 spiro atoms. The second kappa shape index (κ2) is 7.59. The van der Waals surface area contributed by atoms with E-state index in [4.69, 9.17) is 9.84 Å². The van der Waals surface area contributed by atoms with Crippen molar-refractivity contribution in [3.05, 3.63) is 42.0 Å². The number of hydrogen-bond acceptors (Lipinski definition) is 3. The average Bonchev–Trinajstić information content (AvgIpc) is 2.53. The number of fused-ring (bicyclic) bond motifs is 1. The molecule has 0 amide bonds. The molecule has 116 valence electrons. The maximum atomic E-state index is 10.7. The predicted octanol–water partition coefficient (Wildman–Crippen LogP) is 3.46. The molecule has 2 rings (SSSR count). The second-order valence-electron chi connectivity index (χ2n) is 5.27. The molecule has 4 heteroatoms. The minimum Gasteiger partial charge on any atom is -0.494 e. The van der Waals surface area contributed by atoms with Crippen molar-refractivity contribution in [3.8, 4) is 5.75 Å². The highest BCUT2D eigenvalue weighted by Crippen LogP contribution is 2.22. The molecule has 0 radical (unpaired) electrons. The Morgan fingerprint density at radius 2 is 1.95 bits per heavy atom. The van der Waals surface area contributed by atoms with Crippen molar-refractivity contribution in [1.29, 1.82) is 0 Å². The fraction of sp³-hybridized carbons (Fsp3) is 0.333. The lowest BCUT2D eigenvalue weighted by Crippen LogP contribution is -2.15. The van der Waals surface area contributed by atoms with Crippen LogP contribution in [0.2, 0.25) is 0 Å². The fourth-order valence-corrected chi connectivity index (χ4v) is 2.33. The van der Waals surface area contributed by atoms with Crippen LogP contribution in [0, 0.1) is 5.92 Å². The van der Waals surface area contributed by atoms with Gasteiger partial charge in [-0.15, -0.1) is 0 Å². The molecule has 0 saturated carbocycles. The molecule has 2 aromatic carbocycles. The Hall–Kier alpha value is -2.36. The first-order chi connectivity index (χ1) is 10.6. The number of ether oxygens (including phenoxy) is 1. The molecule has 0 aliphatic rings. The van der Waals surface area contributed by atoms with E-state index in [1.165, 1.54) is 10.9 Å². The van der Waals surface area contributed by atoms with Crippen LogP contribution in [0.1, 0.15) is 25.3 Å². The first-order valence-corrected chi connectivity index (χ1v) is 7.47. The number of hydrogen-bond donors (Lipinski definition) is 1. The molecular weight excluding hydrogens is 280 g/mol. The van der Waals surface area contributed by atoms with E-state index in [2.05, 4.69) is 25.1 Å². The summed E-state index contributed by atoms with van der Waals surface area (Å²) in [5.74, 6) is -1.25. The highest BCUT2D eigenvalue weighted by molar-refractivity contribution is 5.86. The molecule has 0 bridgehead atoms. The Bertz CT molecular complexity index is 663. The monoisotopic (exact) mass is 300 g/mol. The Labute approximate surface area is 129 Å². The summed E-state index contributed by atoms with van der Waals surface area (Å²) in [6.45, 7) is 2.53. The van der Waals surface area contributed by atoms with E-state index in [0.717, 1.165) is 17.6 Å². The number of carboxylic acid groups (broad SMARTS) is 1. The van der Waals surface area contributed by atoms with Crippen LogP contribution in [0.25, 0.3) is 10.8 Å². The van der Waals surface area contributed by atoms with E-state index < -0.39 is 11.9 Å². The second-order valence-corrected chi connectivity index (χ2v) is 5.27. The van der Waals surface area contributed by atoms with E-state index >= 15 is 0 Å². The minimum absolute atomic E-state index is 0.298. The molecule has 0 aliphatic carbocycles. The van der Waals surface area contributed by atoms with Crippen LogP contribution < -0.4 is 4.74 Å². The van der Waals surface area contributed by atoms with Crippen molar-refractivity contribution < 1.29 is 19.4 Å². The molecule has 0 aliphatic heterocycles. The Morgan fingerprint density at radius 3 is 2.64 bits per heavy atom. The van der Waals surface area contributed by atoms with E-state index in [-0.39, 0.29) is 0 Å². The van der Waals surface area contributed by atoms with E-state index in [9.17, 15) is 9.59 Å². The molecule has 4 nitrogen and oxygen atoms in total. The quantitative estimate of drug-likeness (QED) is 0.460. The topological polar surface area (TPSA) is 63.6 Å². The molecule has 0 saturated heterocycles. The number of benzene rings is 2. The van der Waals surface area contributed by atoms with Crippen molar-refractivity contribution in [1.82, 2.24) is 0 Å². The Kier molecular flexibility index (Phi) is 5.53. The molecule has 2 aromatic rings. The third kappa shape index (κ3) is 4.07. The molecule has 22 heavy (non-hydrogen) atoms. The SMILES string of the molecule is CCc1ccc2cc(OCCCC(C=O)C(=O)O)ccc2c1. The van der Waals surface area contributed by atoms with Crippen molar-refractivity contribution in [2.45, 2.75) is 26.2 Å². The van der Waals surface area contributed by atoms with Crippen molar-refractivity contribution >= 4 is 23.0 Å². The van der Waals surface area contributed by atoms with Gasteiger partial charge in [0.25, 0.3) is 0 Å². The van der Waals surface area contributed by atoms with Gasteiger partial charge in [0, 0.05) is 0 Å². The van der Waals surface area contributed by atoms with Gasteiger partial charge in [-0.1, -0.05) is 31.2 Å². The van der Waals surface area contributed by atoms with Gasteiger partial charge in [-0.25, -0.2) is 0 Å². The van der Waals surface area contributed by atoms with Gasteiger partial charge < -0.3 is 14.6 Å². The zero-order valence-electron chi connectivity index (χ0n) is 12.6. The molecule has 1 unspecified atom stereocenters. The minimum atomic E-state index is -1.08. The lowest BCUT2D eigenvalue weighted by atomic mass is 10.1. The molecule has 0 fully saturated rings. The van der Waals surface area contributed by atoms with Crippen LogP contribution in [0.15, 0.2) is 36.4 Å². The third-order valence-corrected chi connectivity index (χ3v) is 3.69. The maximum absolute atomic E-state index is 10.7. The van der Waals surface area contributed by atoms with Crippen molar-refractivity contribution in [2.24, 2.45) is 5.92 Å². The highest BCUT2D eigenvalue weighted by atomic mass is 16.5. The lowest BCUT2D eigenvalue weighted by molar-refractivity contribution is -0.143. The summed E-state index contributed by atoms with van der Waals surface area (Å²) in [7, 11) is 0. The summed E-state index contributed by atoms with van der Waals surface area (Å²) >= 11 is 0. The average molecular weight is 300 g/mol. The van der Waals surface area contributed by atoms with Gasteiger partial charge in [0.05, 0.1) is 6.61 Å². The van der Waals surface area contributed by atoms with Gasteiger partial charge in [-0.2, -0.15) is 0 Å². The number of carbonyl (C=O) groups excluding carboxylic acids is 1. The van der Waals surface area contributed by atoms with Crippen LogP contribution in [-0.2, 0) is 16.0 Å². The van der Waals surface area contributed by atoms with Gasteiger partial charge in [0.1, 0.15) is 18.0 Å². The van der Waals surface area contributed by atoms with Crippen LogP contribution >= 0.6 is 0 Å². The summed E-state index contributed by atoms with van der Waals surface area (Å²) < 4.78 is 5.64.